The van der Waals surface area contributed by atoms with Gasteiger partial charge in [-0.15, -0.1) is 0 Å². The second kappa shape index (κ2) is 8.12. The van der Waals surface area contributed by atoms with Gasteiger partial charge in [-0.1, -0.05) is 0 Å². The van der Waals surface area contributed by atoms with E-state index in [1.54, 1.807) is 11.1 Å². The molecule has 5 N–H and O–H groups in total. The zero-order valence-corrected chi connectivity index (χ0v) is 16.9. The first-order chi connectivity index (χ1) is 13.9. The van der Waals surface area contributed by atoms with E-state index in [0.717, 1.165) is 49.4 Å². The molecule has 0 unspecified atom stereocenters. The third-order valence-electron chi connectivity index (χ3n) is 6.49. The summed E-state index contributed by atoms with van der Waals surface area (Å²) < 4.78 is 1.98. The lowest BCUT2D eigenvalue weighted by Crippen LogP contribution is -2.52. The second-order valence-corrected chi connectivity index (χ2v) is 8.41. The molecule has 29 heavy (non-hydrogen) atoms. The molecular formula is C21H30N6O2. The molecule has 0 bridgehead atoms. The molecule has 2 atom stereocenters. The molecule has 8 nitrogen and oxygen atoms in total. The summed E-state index contributed by atoms with van der Waals surface area (Å²) >= 11 is 0. The molecule has 1 saturated heterocycles. The van der Waals surface area contributed by atoms with Gasteiger partial charge < -0.3 is 26.3 Å². The van der Waals surface area contributed by atoms with Gasteiger partial charge in [0.05, 0.1) is 23.9 Å². The van der Waals surface area contributed by atoms with Gasteiger partial charge in [-0.2, -0.15) is 0 Å². The number of aryl methyl sites for hydroxylation is 1. The lowest BCUT2D eigenvalue weighted by Gasteiger charge is -2.34. The summed E-state index contributed by atoms with van der Waals surface area (Å²) in [6.07, 6.45) is 8.57. The Labute approximate surface area is 170 Å². The van der Waals surface area contributed by atoms with E-state index in [2.05, 4.69) is 10.3 Å². The molecule has 0 spiro atoms. The van der Waals surface area contributed by atoms with Crippen molar-refractivity contribution in [1.29, 1.82) is 0 Å². The number of nitrogens with zero attached hydrogens (tertiary/aromatic N) is 3. The molecule has 2 aromatic heterocycles. The number of fused-ring (bicyclic) bond motifs is 1. The Bertz CT molecular complexity index is 902. The minimum absolute atomic E-state index is 0.0251. The van der Waals surface area contributed by atoms with Gasteiger partial charge in [0.1, 0.15) is 5.69 Å². The lowest BCUT2D eigenvalue weighted by molar-refractivity contribution is -0.134. The highest BCUT2D eigenvalue weighted by molar-refractivity contribution is 5.96. The topological polar surface area (TPSA) is 119 Å². The van der Waals surface area contributed by atoms with E-state index in [4.69, 9.17) is 11.5 Å². The number of hydrogen-bond acceptors (Lipinski definition) is 5. The molecule has 0 aromatic carbocycles. The summed E-state index contributed by atoms with van der Waals surface area (Å²) in [4.78, 5) is 31.3. The van der Waals surface area contributed by atoms with Crippen LogP contribution in [-0.4, -0.2) is 51.1 Å². The van der Waals surface area contributed by atoms with Crippen molar-refractivity contribution in [3.8, 4) is 0 Å². The summed E-state index contributed by atoms with van der Waals surface area (Å²) in [7, 11) is 1.95. The maximum absolute atomic E-state index is 12.6. The first kappa shape index (κ1) is 19.8. The van der Waals surface area contributed by atoms with Crippen LogP contribution in [0.4, 0.5) is 0 Å². The summed E-state index contributed by atoms with van der Waals surface area (Å²) in [6.45, 7) is 0.706. The molecule has 4 rings (SSSR count). The molecule has 1 aliphatic heterocycles. The zero-order chi connectivity index (χ0) is 20.5. The SMILES string of the molecule is Cn1ccc2cc(C(=O)NC3CCC([C@H](N)C(=O)N4CCC[C@H]4N)CC3)ncc21. The van der Waals surface area contributed by atoms with E-state index >= 15 is 0 Å². The number of aromatic nitrogens is 2. The molecule has 2 aromatic rings. The van der Waals surface area contributed by atoms with Gasteiger partial charge in [0.2, 0.25) is 5.91 Å². The highest BCUT2D eigenvalue weighted by Crippen LogP contribution is 2.28. The number of nitrogens with one attached hydrogen (secondary N) is 1. The Morgan fingerprint density at radius 3 is 2.69 bits per heavy atom. The molecule has 2 amide bonds. The molecule has 8 heteroatoms. The monoisotopic (exact) mass is 398 g/mol. The predicted octanol–water partition coefficient (Wildman–Crippen LogP) is 1.10. The standard InChI is InChI=1S/C21H30N6O2/c1-26-10-8-14-11-16(24-12-17(14)26)20(28)25-15-6-4-13(5-7-15)19(23)21(29)27-9-2-3-18(27)22/h8,10-13,15,18-19H,2-7,9,22-23H2,1H3,(H,25,28)/t13?,15?,18-,19-/m0/s1. The third kappa shape index (κ3) is 4.00. The van der Waals surface area contributed by atoms with Gasteiger partial charge in [-0.3, -0.25) is 9.59 Å². The second-order valence-electron chi connectivity index (χ2n) is 8.41. The molecule has 3 heterocycles. The van der Waals surface area contributed by atoms with Gasteiger partial charge in [-0.25, -0.2) is 4.98 Å². The number of rotatable bonds is 4. The Kier molecular flexibility index (Phi) is 5.56. The van der Waals surface area contributed by atoms with E-state index in [-0.39, 0.29) is 29.9 Å². The zero-order valence-electron chi connectivity index (χ0n) is 16.9. The van der Waals surface area contributed by atoms with Gasteiger partial charge in [0, 0.05) is 31.2 Å². The van der Waals surface area contributed by atoms with Crippen LogP contribution in [0.25, 0.3) is 10.9 Å². The quantitative estimate of drug-likeness (QED) is 0.712. The van der Waals surface area contributed by atoms with E-state index in [0.29, 0.717) is 12.2 Å². The predicted molar refractivity (Wildman–Crippen MR) is 111 cm³/mol. The van der Waals surface area contributed by atoms with Crippen molar-refractivity contribution in [2.45, 2.75) is 56.8 Å². The number of amides is 2. The summed E-state index contributed by atoms with van der Waals surface area (Å²) in [5, 5.41) is 4.09. The van der Waals surface area contributed by atoms with E-state index < -0.39 is 6.04 Å². The van der Waals surface area contributed by atoms with Crippen LogP contribution in [0.2, 0.25) is 0 Å². The largest absolute Gasteiger partial charge is 0.349 e. The van der Waals surface area contributed by atoms with Crippen LogP contribution in [0.5, 0.6) is 0 Å². The van der Waals surface area contributed by atoms with E-state index in [9.17, 15) is 9.59 Å². The summed E-state index contributed by atoms with van der Waals surface area (Å²) in [5.74, 6) is -0.0345. The van der Waals surface area contributed by atoms with Gasteiger partial charge >= 0.3 is 0 Å². The van der Waals surface area contributed by atoms with Crippen LogP contribution in [0, 0.1) is 5.92 Å². The van der Waals surface area contributed by atoms with E-state index in [1.807, 2.05) is 29.9 Å². The summed E-state index contributed by atoms with van der Waals surface area (Å²) in [5.41, 5.74) is 13.7. The van der Waals surface area contributed by atoms with Crippen LogP contribution in [0.3, 0.4) is 0 Å². The number of nitrogens with two attached hydrogens (primary N) is 2. The minimum Gasteiger partial charge on any atom is -0.349 e. The van der Waals surface area contributed by atoms with Gasteiger partial charge in [0.15, 0.2) is 0 Å². The Hall–Kier alpha value is -2.45. The smallest absolute Gasteiger partial charge is 0.270 e. The van der Waals surface area contributed by atoms with Crippen LogP contribution in [0.1, 0.15) is 49.0 Å². The fourth-order valence-corrected chi connectivity index (χ4v) is 4.63. The summed E-state index contributed by atoms with van der Waals surface area (Å²) in [6, 6.07) is 3.38. The Morgan fingerprint density at radius 2 is 2.00 bits per heavy atom. The molecule has 2 aliphatic rings. The fourth-order valence-electron chi connectivity index (χ4n) is 4.63. The van der Waals surface area contributed by atoms with Crippen molar-refractivity contribution >= 4 is 22.7 Å². The third-order valence-corrected chi connectivity index (χ3v) is 6.49. The Balaban J connectivity index is 1.31. The average molecular weight is 399 g/mol. The molecule has 1 aliphatic carbocycles. The van der Waals surface area contributed by atoms with Crippen LogP contribution in [0.15, 0.2) is 24.5 Å². The fraction of sp³-hybridized carbons (Fsp3) is 0.571. The van der Waals surface area contributed by atoms with Crippen molar-refractivity contribution in [1.82, 2.24) is 19.8 Å². The maximum Gasteiger partial charge on any atom is 0.270 e. The molecule has 1 saturated carbocycles. The first-order valence-corrected chi connectivity index (χ1v) is 10.5. The highest BCUT2D eigenvalue weighted by Gasteiger charge is 2.35. The molecule has 2 fully saturated rings. The Morgan fingerprint density at radius 1 is 1.24 bits per heavy atom. The normalized spacial score (nSPS) is 25.9. The van der Waals surface area contributed by atoms with Crippen molar-refractivity contribution in [2.24, 2.45) is 24.4 Å². The van der Waals surface area contributed by atoms with Crippen molar-refractivity contribution in [3.63, 3.8) is 0 Å². The lowest BCUT2D eigenvalue weighted by atomic mass is 9.81. The van der Waals surface area contributed by atoms with Crippen LogP contribution >= 0.6 is 0 Å². The number of carbonyl (C=O) groups is 2. The van der Waals surface area contributed by atoms with Crippen molar-refractivity contribution in [2.75, 3.05) is 6.54 Å². The minimum atomic E-state index is -0.502. The van der Waals surface area contributed by atoms with Gasteiger partial charge in [0.25, 0.3) is 5.91 Å². The van der Waals surface area contributed by atoms with E-state index in [1.165, 1.54) is 0 Å². The molecule has 156 valence electrons. The number of carbonyl (C=O) groups excluding carboxylic acids is 2. The average Bonchev–Trinajstić information content (AvgIpc) is 3.32. The number of pyridine rings is 1. The number of hydrogen-bond donors (Lipinski definition) is 3. The van der Waals surface area contributed by atoms with Crippen LogP contribution < -0.4 is 16.8 Å². The van der Waals surface area contributed by atoms with Crippen LogP contribution in [-0.2, 0) is 11.8 Å². The van der Waals surface area contributed by atoms with Crippen molar-refractivity contribution < 1.29 is 9.59 Å². The maximum atomic E-state index is 12.6. The molecule has 0 radical (unpaired) electrons. The highest BCUT2D eigenvalue weighted by atomic mass is 16.2. The number of likely N-dealkylation sites (tertiary alicyclic amines) is 1. The first-order valence-electron chi connectivity index (χ1n) is 10.5. The van der Waals surface area contributed by atoms with Gasteiger partial charge in [-0.05, 0) is 56.6 Å². The van der Waals surface area contributed by atoms with Crippen molar-refractivity contribution in [3.05, 3.63) is 30.2 Å². The molecular weight excluding hydrogens is 368 g/mol.